The van der Waals surface area contributed by atoms with E-state index in [4.69, 9.17) is 9.84 Å². The Bertz CT molecular complexity index is 1240. The summed E-state index contributed by atoms with van der Waals surface area (Å²) < 4.78 is 22.5. The van der Waals surface area contributed by atoms with Crippen LogP contribution in [-0.2, 0) is 29.0 Å². The van der Waals surface area contributed by atoms with Crippen LogP contribution in [0.2, 0.25) is 0 Å². The lowest BCUT2D eigenvalue weighted by molar-refractivity contribution is -0.120. The largest absolute Gasteiger partial charge is 0.379 e. The number of ether oxygens (including phenoxy) is 1. The van der Waals surface area contributed by atoms with Crippen LogP contribution in [0.4, 0.5) is 10.2 Å². The van der Waals surface area contributed by atoms with Crippen molar-refractivity contribution in [3.05, 3.63) is 59.6 Å². The zero-order chi connectivity index (χ0) is 25.1. The predicted molar refractivity (Wildman–Crippen MR) is 128 cm³/mol. The number of aromatic nitrogens is 5. The first-order chi connectivity index (χ1) is 17.5. The Labute approximate surface area is 207 Å². The van der Waals surface area contributed by atoms with E-state index in [9.17, 15) is 14.0 Å². The van der Waals surface area contributed by atoms with E-state index >= 15 is 0 Å². The van der Waals surface area contributed by atoms with Crippen LogP contribution >= 0.6 is 0 Å². The van der Waals surface area contributed by atoms with Gasteiger partial charge in [-0.05, 0) is 12.5 Å². The fourth-order valence-electron chi connectivity index (χ4n) is 4.47. The Hall–Kier alpha value is -3.64. The zero-order valence-corrected chi connectivity index (χ0v) is 20.1. The number of amides is 2. The smallest absolute Gasteiger partial charge is 0.291 e. The molecule has 1 N–H and O–H groups in total. The van der Waals surface area contributed by atoms with E-state index < -0.39 is 11.9 Å². The lowest BCUT2D eigenvalue weighted by Gasteiger charge is -2.26. The third kappa shape index (κ3) is 5.29. The summed E-state index contributed by atoms with van der Waals surface area (Å²) in [5.74, 6) is -0.504. The molecule has 2 amide bonds. The van der Waals surface area contributed by atoms with Crippen molar-refractivity contribution in [2.24, 2.45) is 0 Å². The highest BCUT2D eigenvalue weighted by Gasteiger charge is 2.31. The summed E-state index contributed by atoms with van der Waals surface area (Å²) in [5, 5.41) is 11.6. The monoisotopic (exact) mass is 496 g/mol. The van der Waals surface area contributed by atoms with Crippen molar-refractivity contribution in [3.8, 4) is 0 Å². The summed E-state index contributed by atoms with van der Waals surface area (Å²) in [4.78, 5) is 33.8. The van der Waals surface area contributed by atoms with Gasteiger partial charge >= 0.3 is 0 Å². The Morgan fingerprint density at radius 1 is 1.19 bits per heavy atom. The van der Waals surface area contributed by atoms with Gasteiger partial charge in [-0.3, -0.25) is 19.4 Å². The fourth-order valence-corrected chi connectivity index (χ4v) is 4.47. The minimum atomic E-state index is -0.737. The van der Waals surface area contributed by atoms with Gasteiger partial charge in [0.25, 0.3) is 11.8 Å². The molecular weight excluding hydrogens is 467 g/mol. The highest BCUT2D eigenvalue weighted by atomic mass is 19.1. The van der Waals surface area contributed by atoms with Gasteiger partial charge in [0.05, 0.1) is 25.5 Å². The number of rotatable bonds is 7. The number of carbonyl (C=O) groups excluding carboxylic acids is 2. The summed E-state index contributed by atoms with van der Waals surface area (Å²) in [5.41, 5.74) is 1.37. The van der Waals surface area contributed by atoms with Crippen LogP contribution in [0.15, 0.2) is 36.7 Å². The summed E-state index contributed by atoms with van der Waals surface area (Å²) in [6.45, 7) is 4.88. The van der Waals surface area contributed by atoms with Gasteiger partial charge in [-0.1, -0.05) is 18.2 Å². The van der Waals surface area contributed by atoms with Crippen molar-refractivity contribution >= 4 is 17.6 Å². The van der Waals surface area contributed by atoms with Crippen LogP contribution in [0, 0.1) is 5.82 Å². The summed E-state index contributed by atoms with van der Waals surface area (Å²) in [6.07, 6.45) is 2.56. The molecule has 0 unspecified atom stereocenters. The number of carbonyl (C=O) groups is 2. The first-order valence-corrected chi connectivity index (χ1v) is 12.1. The van der Waals surface area contributed by atoms with Crippen molar-refractivity contribution in [2.75, 3.05) is 44.8 Å². The number of aryl methyl sites for hydroxylation is 1. The van der Waals surface area contributed by atoms with Crippen LogP contribution in [0.1, 0.15) is 28.3 Å². The molecule has 1 atom stereocenters. The highest BCUT2D eigenvalue weighted by molar-refractivity contribution is 6.00. The second-order valence-electron chi connectivity index (χ2n) is 8.99. The maximum atomic E-state index is 13.9. The number of fused-ring (bicyclic) bond motifs is 1. The number of likely N-dealkylation sites (N-methyl/N-ethyl adjacent to an activating group) is 1. The normalized spacial score (nSPS) is 18.7. The quantitative estimate of drug-likeness (QED) is 0.513. The van der Waals surface area contributed by atoms with E-state index in [-0.39, 0.29) is 24.1 Å². The van der Waals surface area contributed by atoms with Gasteiger partial charge in [-0.15, -0.1) is 5.10 Å². The maximum Gasteiger partial charge on any atom is 0.291 e. The van der Waals surface area contributed by atoms with Crippen molar-refractivity contribution in [1.29, 1.82) is 0 Å². The van der Waals surface area contributed by atoms with Gasteiger partial charge in [-0.2, -0.15) is 5.10 Å². The van der Waals surface area contributed by atoms with Crippen LogP contribution in [-0.4, -0.2) is 87.2 Å². The van der Waals surface area contributed by atoms with Gasteiger partial charge in [0, 0.05) is 51.3 Å². The van der Waals surface area contributed by atoms with Gasteiger partial charge in [0.2, 0.25) is 5.82 Å². The summed E-state index contributed by atoms with van der Waals surface area (Å²) in [6, 6.07) is 7.56. The SMILES string of the molecule is CN1C(=O)[C@@H](NC(=O)c2ncn(Cc3ccccc3F)n2)CCn2nc(CCN3CCOCC3)cc21. The lowest BCUT2D eigenvalue weighted by atomic mass is 10.2. The zero-order valence-electron chi connectivity index (χ0n) is 20.1. The number of halogens is 1. The number of nitrogens with zero attached hydrogens (tertiary/aromatic N) is 7. The Morgan fingerprint density at radius 2 is 2.00 bits per heavy atom. The molecule has 0 saturated carbocycles. The number of nitrogens with one attached hydrogen (secondary N) is 1. The van der Waals surface area contributed by atoms with Crippen molar-refractivity contribution in [3.63, 3.8) is 0 Å². The Balaban J connectivity index is 1.19. The molecule has 0 bridgehead atoms. The fraction of sp³-hybridized carbons (Fsp3) is 0.458. The molecule has 3 aromatic rings. The van der Waals surface area contributed by atoms with Crippen LogP contribution < -0.4 is 10.2 Å². The average Bonchev–Trinajstić information content (AvgIpc) is 3.51. The molecule has 1 fully saturated rings. The van der Waals surface area contributed by atoms with Crippen LogP contribution in [0.5, 0.6) is 0 Å². The van der Waals surface area contributed by atoms with Crippen molar-refractivity contribution in [2.45, 2.75) is 32.0 Å². The first kappa shape index (κ1) is 24.1. The second-order valence-corrected chi connectivity index (χ2v) is 8.99. The second kappa shape index (κ2) is 10.5. The molecule has 0 aliphatic carbocycles. The lowest BCUT2D eigenvalue weighted by Crippen LogP contribution is -2.47. The highest BCUT2D eigenvalue weighted by Crippen LogP contribution is 2.22. The number of hydrogen-bond acceptors (Lipinski definition) is 7. The van der Waals surface area contributed by atoms with E-state index in [1.54, 1.807) is 25.2 Å². The molecule has 1 aromatic carbocycles. The van der Waals surface area contributed by atoms with Crippen LogP contribution in [0.3, 0.4) is 0 Å². The van der Waals surface area contributed by atoms with Gasteiger partial charge in [-0.25, -0.2) is 18.7 Å². The van der Waals surface area contributed by atoms with E-state index in [2.05, 4.69) is 20.3 Å². The number of benzene rings is 1. The van der Waals surface area contributed by atoms with E-state index in [0.29, 0.717) is 24.3 Å². The standard InChI is InChI=1S/C24H29FN8O3/c1-30-21-14-18(6-8-31-10-12-36-13-11-31)28-33(21)9-7-20(24(30)35)27-23(34)22-26-16-32(29-22)15-17-4-2-3-5-19(17)25/h2-5,14,16,20H,6-13,15H2,1H3,(H,27,34)/t20-/m0/s1. The van der Waals surface area contributed by atoms with Gasteiger partial charge < -0.3 is 10.1 Å². The molecule has 5 rings (SSSR count). The molecule has 12 heteroatoms. The molecule has 0 radical (unpaired) electrons. The topological polar surface area (TPSA) is 110 Å². The summed E-state index contributed by atoms with van der Waals surface area (Å²) >= 11 is 0. The van der Waals surface area contributed by atoms with E-state index in [1.807, 2.05) is 10.7 Å². The number of hydrogen-bond donors (Lipinski definition) is 1. The Kier molecular flexibility index (Phi) is 7.05. The average molecular weight is 497 g/mol. The third-order valence-corrected chi connectivity index (χ3v) is 6.53. The molecule has 2 aromatic heterocycles. The van der Waals surface area contributed by atoms with E-state index in [0.717, 1.165) is 45.0 Å². The molecule has 36 heavy (non-hydrogen) atoms. The maximum absolute atomic E-state index is 13.9. The van der Waals surface area contributed by atoms with E-state index in [1.165, 1.54) is 22.0 Å². The molecule has 1 saturated heterocycles. The minimum absolute atomic E-state index is 0.0748. The first-order valence-electron chi connectivity index (χ1n) is 12.1. The molecule has 0 spiro atoms. The third-order valence-electron chi connectivity index (χ3n) is 6.53. The number of morpholine rings is 1. The molecule has 190 valence electrons. The molecule has 2 aliphatic heterocycles. The van der Waals surface area contributed by atoms with Crippen LogP contribution in [0.25, 0.3) is 0 Å². The Morgan fingerprint density at radius 3 is 2.81 bits per heavy atom. The van der Waals surface area contributed by atoms with Crippen molar-refractivity contribution in [1.82, 2.24) is 34.8 Å². The molecule has 4 heterocycles. The molecular formula is C24H29FN8O3. The van der Waals surface area contributed by atoms with Crippen molar-refractivity contribution < 1.29 is 18.7 Å². The van der Waals surface area contributed by atoms with Gasteiger partial charge in [0.1, 0.15) is 24.0 Å². The van der Waals surface area contributed by atoms with Gasteiger partial charge in [0.15, 0.2) is 0 Å². The molecule has 2 aliphatic rings. The molecule has 11 nitrogen and oxygen atoms in total. The summed E-state index contributed by atoms with van der Waals surface area (Å²) in [7, 11) is 1.69. The minimum Gasteiger partial charge on any atom is -0.379 e. The predicted octanol–water partition coefficient (Wildman–Crippen LogP) is 0.702. The number of anilines is 1.